The Morgan fingerprint density at radius 1 is 1.14 bits per heavy atom. The molecule has 0 spiro atoms. The first-order valence-corrected chi connectivity index (χ1v) is 6.21. The highest BCUT2D eigenvalue weighted by Crippen LogP contribution is 2.28. The van der Waals surface area contributed by atoms with Gasteiger partial charge in [0.2, 0.25) is 5.91 Å². The summed E-state index contributed by atoms with van der Waals surface area (Å²) in [6.45, 7) is 1.74. The zero-order valence-corrected chi connectivity index (χ0v) is 11.7. The van der Waals surface area contributed by atoms with Crippen molar-refractivity contribution >= 4 is 11.8 Å². The van der Waals surface area contributed by atoms with E-state index in [0.717, 1.165) is 17.0 Å². The van der Waals surface area contributed by atoms with Gasteiger partial charge in [0.1, 0.15) is 6.54 Å². The number of quaternary nitrogens is 1. The molecule has 0 aliphatic heterocycles. The molecule has 1 unspecified atom stereocenters. The zero-order chi connectivity index (χ0) is 16.0. The number of hydrogen-bond acceptors (Lipinski definition) is 2. The lowest BCUT2D eigenvalue weighted by Crippen LogP contribution is -3.09. The molecule has 21 heavy (non-hydrogen) atoms. The van der Waals surface area contributed by atoms with Crippen molar-refractivity contribution in [2.75, 3.05) is 13.6 Å². The van der Waals surface area contributed by atoms with Crippen molar-refractivity contribution in [2.24, 2.45) is 0 Å². The molecular weight excluding hydrogens is 287 g/mol. The van der Waals surface area contributed by atoms with Crippen molar-refractivity contribution in [3.05, 3.63) is 35.4 Å². The van der Waals surface area contributed by atoms with Gasteiger partial charge in [-0.1, -0.05) is 12.1 Å². The highest BCUT2D eigenvalue weighted by atomic mass is 19.4. The Morgan fingerprint density at radius 2 is 1.71 bits per heavy atom. The monoisotopic (exact) mass is 304 g/mol. The van der Waals surface area contributed by atoms with Crippen LogP contribution in [0.2, 0.25) is 0 Å². The summed E-state index contributed by atoms with van der Waals surface area (Å²) in [5.74, 6) is -0.765. The summed E-state index contributed by atoms with van der Waals surface area (Å²) in [6.07, 6.45) is -4.35. The Kier molecular flexibility index (Phi) is 5.71. The van der Waals surface area contributed by atoms with Gasteiger partial charge < -0.3 is 4.90 Å². The van der Waals surface area contributed by atoms with Crippen LogP contribution in [0.3, 0.4) is 0 Å². The van der Waals surface area contributed by atoms with Gasteiger partial charge in [-0.2, -0.15) is 13.2 Å². The van der Waals surface area contributed by atoms with Gasteiger partial charge in [-0.25, -0.2) is 0 Å². The van der Waals surface area contributed by atoms with Crippen LogP contribution in [0, 0.1) is 0 Å². The third-order valence-electron chi connectivity index (χ3n) is 2.63. The van der Waals surface area contributed by atoms with Gasteiger partial charge in [-0.05, 0) is 12.1 Å². The molecule has 0 aliphatic rings. The van der Waals surface area contributed by atoms with Gasteiger partial charge in [0, 0.05) is 12.5 Å². The standard InChI is InChI=1S/C13H16F3N3O2/c1-9(20)17-18-12(21)8-19(2)7-10-3-5-11(6-4-10)13(14,15)16/h3-6H,7-8H2,1-2H3,(H,17,20)(H,18,21)/p+1. The number of rotatable bonds is 4. The van der Waals surface area contributed by atoms with Crippen LogP contribution in [0.4, 0.5) is 13.2 Å². The van der Waals surface area contributed by atoms with Crippen molar-refractivity contribution in [2.45, 2.75) is 19.6 Å². The van der Waals surface area contributed by atoms with E-state index in [1.165, 1.54) is 19.1 Å². The molecule has 0 fully saturated rings. The molecule has 0 aliphatic carbocycles. The van der Waals surface area contributed by atoms with Crippen LogP contribution in [0.5, 0.6) is 0 Å². The number of hydrazine groups is 1. The summed E-state index contributed by atoms with van der Waals surface area (Å²) in [7, 11) is 1.73. The van der Waals surface area contributed by atoms with Crippen LogP contribution in [-0.4, -0.2) is 25.4 Å². The third-order valence-corrected chi connectivity index (χ3v) is 2.63. The van der Waals surface area contributed by atoms with Crippen molar-refractivity contribution in [1.82, 2.24) is 10.9 Å². The molecule has 0 saturated carbocycles. The number of carbonyl (C=O) groups is 2. The molecule has 0 heterocycles. The predicted octanol–water partition coefficient (Wildman–Crippen LogP) is -0.113. The smallest absolute Gasteiger partial charge is 0.326 e. The number of amides is 2. The molecule has 0 aromatic heterocycles. The molecule has 1 atom stereocenters. The lowest BCUT2D eigenvalue weighted by molar-refractivity contribution is -0.885. The van der Waals surface area contributed by atoms with E-state index in [0.29, 0.717) is 12.1 Å². The molecule has 2 amide bonds. The zero-order valence-electron chi connectivity index (χ0n) is 11.7. The minimum Gasteiger partial charge on any atom is -0.326 e. The highest BCUT2D eigenvalue weighted by Gasteiger charge is 2.30. The highest BCUT2D eigenvalue weighted by molar-refractivity contribution is 5.81. The van der Waals surface area contributed by atoms with E-state index >= 15 is 0 Å². The molecule has 0 saturated heterocycles. The van der Waals surface area contributed by atoms with E-state index in [-0.39, 0.29) is 18.4 Å². The number of benzene rings is 1. The molecule has 8 heteroatoms. The van der Waals surface area contributed by atoms with Crippen LogP contribution in [0.25, 0.3) is 0 Å². The first-order valence-electron chi connectivity index (χ1n) is 6.21. The minimum absolute atomic E-state index is 0.0846. The molecule has 3 N–H and O–H groups in total. The maximum atomic E-state index is 12.4. The fraction of sp³-hybridized carbons (Fsp3) is 0.385. The van der Waals surface area contributed by atoms with E-state index < -0.39 is 11.7 Å². The summed E-state index contributed by atoms with van der Waals surface area (Å²) >= 11 is 0. The van der Waals surface area contributed by atoms with Crippen LogP contribution >= 0.6 is 0 Å². The topological polar surface area (TPSA) is 62.6 Å². The van der Waals surface area contributed by atoms with Crippen molar-refractivity contribution in [3.8, 4) is 0 Å². The average molecular weight is 304 g/mol. The van der Waals surface area contributed by atoms with Gasteiger partial charge in [0.05, 0.1) is 12.6 Å². The predicted molar refractivity (Wildman–Crippen MR) is 68.9 cm³/mol. The number of carbonyl (C=O) groups excluding carboxylic acids is 2. The van der Waals surface area contributed by atoms with Crippen LogP contribution in [0.15, 0.2) is 24.3 Å². The second kappa shape index (κ2) is 7.07. The summed E-state index contributed by atoms with van der Waals surface area (Å²) in [6, 6.07) is 4.80. The Hall–Kier alpha value is -2.09. The maximum Gasteiger partial charge on any atom is 0.416 e. The largest absolute Gasteiger partial charge is 0.416 e. The molecule has 116 valence electrons. The van der Waals surface area contributed by atoms with E-state index in [9.17, 15) is 22.8 Å². The van der Waals surface area contributed by atoms with E-state index in [2.05, 4.69) is 10.9 Å². The van der Waals surface area contributed by atoms with Gasteiger partial charge in [-0.15, -0.1) is 0 Å². The average Bonchev–Trinajstić information content (AvgIpc) is 2.35. The Morgan fingerprint density at radius 3 is 2.19 bits per heavy atom. The van der Waals surface area contributed by atoms with Crippen molar-refractivity contribution < 1.29 is 27.7 Å². The SMILES string of the molecule is CC(=O)NNC(=O)C[NH+](C)Cc1ccc(C(F)(F)F)cc1. The first kappa shape index (κ1) is 17.0. The van der Waals surface area contributed by atoms with Gasteiger partial charge in [0.25, 0.3) is 5.91 Å². The van der Waals surface area contributed by atoms with Gasteiger partial charge in [0.15, 0.2) is 6.54 Å². The van der Waals surface area contributed by atoms with Crippen molar-refractivity contribution in [3.63, 3.8) is 0 Å². The number of alkyl halides is 3. The summed E-state index contributed by atoms with van der Waals surface area (Å²) < 4.78 is 37.2. The molecule has 5 nitrogen and oxygen atoms in total. The molecule has 1 aromatic carbocycles. The quantitative estimate of drug-likeness (QED) is 0.680. The molecule has 1 aromatic rings. The lowest BCUT2D eigenvalue weighted by Gasteiger charge is -2.14. The van der Waals surface area contributed by atoms with E-state index in [1.807, 2.05) is 0 Å². The van der Waals surface area contributed by atoms with Crippen molar-refractivity contribution in [1.29, 1.82) is 0 Å². The summed E-state index contributed by atoms with van der Waals surface area (Å²) in [5, 5.41) is 0. The number of nitrogens with one attached hydrogen (secondary N) is 3. The fourth-order valence-electron chi connectivity index (χ4n) is 1.70. The third kappa shape index (κ3) is 6.26. The second-order valence-electron chi connectivity index (χ2n) is 4.73. The summed E-state index contributed by atoms with van der Waals surface area (Å²) in [4.78, 5) is 22.8. The molecule has 1 rings (SSSR count). The number of likely N-dealkylation sites (N-methyl/N-ethyl adjacent to an activating group) is 1. The summed E-state index contributed by atoms with van der Waals surface area (Å²) in [5.41, 5.74) is 4.37. The fourth-order valence-corrected chi connectivity index (χ4v) is 1.70. The molecule has 0 bridgehead atoms. The first-order chi connectivity index (χ1) is 9.68. The van der Waals surface area contributed by atoms with Gasteiger partial charge in [-0.3, -0.25) is 20.4 Å². The lowest BCUT2D eigenvalue weighted by atomic mass is 10.1. The van der Waals surface area contributed by atoms with Crippen LogP contribution in [0.1, 0.15) is 18.1 Å². The van der Waals surface area contributed by atoms with Crippen LogP contribution < -0.4 is 15.8 Å². The van der Waals surface area contributed by atoms with Crippen LogP contribution in [-0.2, 0) is 22.3 Å². The normalized spacial score (nSPS) is 12.6. The van der Waals surface area contributed by atoms with Gasteiger partial charge >= 0.3 is 6.18 Å². The molecular formula is C13H17F3N3O2+. The number of hydrogen-bond donors (Lipinski definition) is 3. The second-order valence-corrected chi connectivity index (χ2v) is 4.73. The molecule has 0 radical (unpaired) electrons. The van der Waals surface area contributed by atoms with E-state index in [4.69, 9.17) is 0 Å². The van der Waals surface area contributed by atoms with E-state index in [1.54, 1.807) is 7.05 Å². The maximum absolute atomic E-state index is 12.4. The Balaban J connectivity index is 2.49. The minimum atomic E-state index is -4.35. The Labute approximate surface area is 120 Å². The Bertz CT molecular complexity index is 500. The number of halogens is 3.